The monoisotopic (exact) mass is 276 g/mol. The molecule has 0 spiro atoms. The Kier molecular flexibility index (Phi) is 6.70. The van der Waals surface area contributed by atoms with Crippen molar-refractivity contribution in [2.24, 2.45) is 11.7 Å². The summed E-state index contributed by atoms with van der Waals surface area (Å²) in [5.41, 5.74) is 7.17. The predicted molar refractivity (Wildman–Crippen MR) is 82.7 cm³/mol. The maximum absolute atomic E-state index is 13.3. The summed E-state index contributed by atoms with van der Waals surface area (Å²) in [4.78, 5) is 2.28. The predicted octanol–water partition coefficient (Wildman–Crippen LogP) is 3.00. The highest BCUT2D eigenvalue weighted by Crippen LogP contribution is 2.16. The quantitative estimate of drug-likeness (QED) is 0.838. The zero-order valence-electron chi connectivity index (χ0n) is 12.9. The van der Waals surface area contributed by atoms with Gasteiger partial charge in [-0.05, 0) is 44.0 Å². The second-order valence-corrected chi connectivity index (χ2v) is 5.70. The first-order chi connectivity index (χ1) is 9.43. The molecule has 0 aliphatic carbocycles. The van der Waals surface area contributed by atoms with Crippen LogP contribution in [0.5, 0.6) is 0 Å². The Hall–Kier alpha value is -1.37. The van der Waals surface area contributed by atoms with Crippen molar-refractivity contribution in [3.05, 3.63) is 35.1 Å². The Morgan fingerprint density at radius 2 is 2.00 bits per heavy atom. The standard InChI is InChI=1S/C17H25FN2/c1-13(2)10-14(3)20(4)12-16-7-8-17(18)11-15(16)6-5-9-19/h7-8,11,13-14H,9-10,12,19H2,1-4H3. The van der Waals surface area contributed by atoms with E-state index in [2.05, 4.69) is 44.6 Å². The molecule has 0 radical (unpaired) electrons. The molecule has 1 rings (SSSR count). The summed E-state index contributed by atoms with van der Waals surface area (Å²) in [5.74, 6) is 6.16. The van der Waals surface area contributed by atoms with Gasteiger partial charge in [-0.2, -0.15) is 0 Å². The Labute approximate surface area is 122 Å². The van der Waals surface area contributed by atoms with Crippen molar-refractivity contribution in [1.82, 2.24) is 4.90 Å². The molecule has 0 heterocycles. The van der Waals surface area contributed by atoms with Crippen LogP contribution in [0.2, 0.25) is 0 Å². The lowest BCUT2D eigenvalue weighted by molar-refractivity contribution is 0.220. The molecular formula is C17H25FN2. The molecule has 1 aromatic rings. The Balaban J connectivity index is 2.85. The first-order valence-electron chi connectivity index (χ1n) is 7.11. The number of hydrogen-bond acceptors (Lipinski definition) is 2. The lowest BCUT2D eigenvalue weighted by Gasteiger charge is -2.26. The molecule has 2 N–H and O–H groups in total. The number of nitrogens with two attached hydrogens (primary N) is 1. The van der Waals surface area contributed by atoms with Crippen LogP contribution in [0.3, 0.4) is 0 Å². The molecular weight excluding hydrogens is 251 g/mol. The van der Waals surface area contributed by atoms with Crippen LogP contribution in [-0.2, 0) is 6.54 Å². The van der Waals surface area contributed by atoms with Gasteiger partial charge in [0, 0.05) is 18.2 Å². The van der Waals surface area contributed by atoms with E-state index in [1.807, 2.05) is 6.07 Å². The van der Waals surface area contributed by atoms with E-state index in [1.54, 1.807) is 0 Å². The second kappa shape index (κ2) is 8.04. The first kappa shape index (κ1) is 16.7. The van der Waals surface area contributed by atoms with E-state index in [1.165, 1.54) is 12.1 Å². The van der Waals surface area contributed by atoms with Gasteiger partial charge in [0.15, 0.2) is 0 Å². The van der Waals surface area contributed by atoms with E-state index in [0.717, 1.165) is 24.1 Å². The van der Waals surface area contributed by atoms with Crippen LogP contribution in [0.1, 0.15) is 38.3 Å². The lowest BCUT2D eigenvalue weighted by atomic mass is 10.0. The van der Waals surface area contributed by atoms with Gasteiger partial charge in [0.2, 0.25) is 0 Å². The molecule has 0 aliphatic heterocycles. The van der Waals surface area contributed by atoms with Crippen molar-refractivity contribution in [2.45, 2.75) is 39.8 Å². The highest BCUT2D eigenvalue weighted by Gasteiger charge is 2.13. The van der Waals surface area contributed by atoms with E-state index in [0.29, 0.717) is 12.0 Å². The molecule has 3 heteroatoms. The van der Waals surface area contributed by atoms with Crippen LogP contribution in [-0.4, -0.2) is 24.5 Å². The van der Waals surface area contributed by atoms with E-state index < -0.39 is 0 Å². The molecule has 1 aromatic carbocycles. The normalized spacial score (nSPS) is 12.4. The van der Waals surface area contributed by atoms with Gasteiger partial charge >= 0.3 is 0 Å². The molecule has 0 bridgehead atoms. The average molecular weight is 276 g/mol. The van der Waals surface area contributed by atoms with Gasteiger partial charge in [0.25, 0.3) is 0 Å². The van der Waals surface area contributed by atoms with Crippen LogP contribution in [0.15, 0.2) is 18.2 Å². The summed E-state index contributed by atoms with van der Waals surface area (Å²) in [6, 6.07) is 5.27. The fourth-order valence-electron chi connectivity index (χ4n) is 2.24. The van der Waals surface area contributed by atoms with Crippen molar-refractivity contribution >= 4 is 0 Å². The van der Waals surface area contributed by atoms with Crippen molar-refractivity contribution in [1.29, 1.82) is 0 Å². The van der Waals surface area contributed by atoms with Gasteiger partial charge in [-0.3, -0.25) is 4.90 Å². The molecule has 0 fully saturated rings. The van der Waals surface area contributed by atoms with E-state index in [-0.39, 0.29) is 12.4 Å². The minimum absolute atomic E-state index is 0.257. The highest BCUT2D eigenvalue weighted by molar-refractivity contribution is 5.41. The maximum atomic E-state index is 13.3. The van der Waals surface area contributed by atoms with Crippen molar-refractivity contribution in [3.63, 3.8) is 0 Å². The van der Waals surface area contributed by atoms with Crippen molar-refractivity contribution in [3.8, 4) is 11.8 Å². The Morgan fingerprint density at radius 1 is 1.30 bits per heavy atom. The molecule has 0 aromatic heterocycles. The SMILES string of the molecule is CC(C)CC(C)N(C)Cc1ccc(F)cc1C#CCN. The smallest absolute Gasteiger partial charge is 0.124 e. The van der Waals surface area contributed by atoms with Gasteiger partial charge in [0.05, 0.1) is 6.54 Å². The van der Waals surface area contributed by atoms with Gasteiger partial charge in [-0.25, -0.2) is 4.39 Å². The van der Waals surface area contributed by atoms with Gasteiger partial charge in [-0.15, -0.1) is 0 Å². The van der Waals surface area contributed by atoms with Crippen molar-refractivity contribution in [2.75, 3.05) is 13.6 Å². The lowest BCUT2D eigenvalue weighted by Crippen LogP contribution is -2.30. The van der Waals surface area contributed by atoms with Gasteiger partial charge in [0.1, 0.15) is 5.82 Å². The molecule has 1 atom stereocenters. The number of hydrogen-bond donors (Lipinski definition) is 1. The second-order valence-electron chi connectivity index (χ2n) is 5.70. The fourth-order valence-corrected chi connectivity index (χ4v) is 2.24. The molecule has 0 saturated heterocycles. The maximum Gasteiger partial charge on any atom is 0.124 e. The van der Waals surface area contributed by atoms with Crippen LogP contribution >= 0.6 is 0 Å². The van der Waals surface area contributed by atoms with Crippen LogP contribution in [0.25, 0.3) is 0 Å². The van der Waals surface area contributed by atoms with Crippen LogP contribution < -0.4 is 5.73 Å². The molecule has 0 amide bonds. The molecule has 1 unspecified atom stereocenters. The minimum atomic E-state index is -0.257. The van der Waals surface area contributed by atoms with Gasteiger partial charge < -0.3 is 5.73 Å². The number of nitrogens with zero attached hydrogens (tertiary/aromatic N) is 1. The van der Waals surface area contributed by atoms with Gasteiger partial charge in [-0.1, -0.05) is 31.8 Å². The summed E-state index contributed by atoms with van der Waals surface area (Å²) in [6.07, 6.45) is 1.14. The number of benzene rings is 1. The Morgan fingerprint density at radius 3 is 2.60 bits per heavy atom. The van der Waals surface area contributed by atoms with Crippen LogP contribution in [0, 0.1) is 23.6 Å². The molecule has 110 valence electrons. The highest BCUT2D eigenvalue weighted by atomic mass is 19.1. The summed E-state index contributed by atoms with van der Waals surface area (Å²) >= 11 is 0. The van der Waals surface area contributed by atoms with E-state index >= 15 is 0 Å². The van der Waals surface area contributed by atoms with Crippen molar-refractivity contribution < 1.29 is 4.39 Å². The third-order valence-electron chi connectivity index (χ3n) is 3.38. The fraction of sp³-hybridized carbons (Fsp3) is 0.529. The van der Waals surface area contributed by atoms with Crippen LogP contribution in [0.4, 0.5) is 4.39 Å². The van der Waals surface area contributed by atoms with E-state index in [9.17, 15) is 4.39 Å². The Bertz CT molecular complexity index is 485. The number of rotatable bonds is 5. The zero-order valence-corrected chi connectivity index (χ0v) is 12.9. The topological polar surface area (TPSA) is 29.3 Å². The molecule has 0 saturated carbocycles. The van der Waals surface area contributed by atoms with E-state index in [4.69, 9.17) is 5.73 Å². The molecule has 0 aliphatic rings. The third-order valence-corrected chi connectivity index (χ3v) is 3.38. The third kappa shape index (κ3) is 5.32. The zero-order chi connectivity index (χ0) is 15.1. The summed E-state index contributed by atoms with van der Waals surface area (Å²) in [5, 5.41) is 0. The largest absolute Gasteiger partial charge is 0.320 e. The minimum Gasteiger partial charge on any atom is -0.320 e. The first-order valence-corrected chi connectivity index (χ1v) is 7.11. The molecule has 2 nitrogen and oxygen atoms in total. The summed E-state index contributed by atoms with van der Waals surface area (Å²) in [7, 11) is 2.09. The summed E-state index contributed by atoms with van der Waals surface area (Å²) in [6.45, 7) is 7.72. The summed E-state index contributed by atoms with van der Waals surface area (Å²) < 4.78 is 13.3. The number of halogens is 1. The average Bonchev–Trinajstić information content (AvgIpc) is 2.38. The molecule has 20 heavy (non-hydrogen) atoms.